The van der Waals surface area contributed by atoms with Crippen molar-refractivity contribution in [2.75, 3.05) is 19.6 Å². The van der Waals surface area contributed by atoms with Crippen LogP contribution in [0.4, 0.5) is 0 Å². The molecule has 1 saturated heterocycles. The molecule has 10 heteroatoms. The van der Waals surface area contributed by atoms with E-state index in [1.165, 1.54) is 18.2 Å². The van der Waals surface area contributed by atoms with Crippen LogP contribution in [0.15, 0.2) is 70.4 Å². The van der Waals surface area contributed by atoms with Gasteiger partial charge in [0.15, 0.2) is 0 Å². The Morgan fingerprint density at radius 1 is 1.18 bits per heavy atom. The average Bonchev–Trinajstić information content (AvgIpc) is 3.54. The summed E-state index contributed by atoms with van der Waals surface area (Å²) in [5, 5.41) is 2.95. The lowest BCUT2D eigenvalue weighted by molar-refractivity contribution is 0.0933. The topological polar surface area (TPSA) is 105 Å². The molecule has 174 valence electrons. The molecule has 2 N–H and O–H groups in total. The minimum absolute atomic E-state index is 0.0377. The number of nitrogens with zero attached hydrogens (tertiary/aromatic N) is 2. The summed E-state index contributed by atoms with van der Waals surface area (Å²) in [7, 11) is -3.94. The van der Waals surface area contributed by atoms with Crippen molar-refractivity contribution < 1.29 is 17.6 Å². The van der Waals surface area contributed by atoms with Gasteiger partial charge in [0.25, 0.3) is 5.91 Å². The van der Waals surface area contributed by atoms with Crippen LogP contribution in [0.25, 0.3) is 0 Å². The van der Waals surface area contributed by atoms with Crippen LogP contribution in [0, 0.1) is 0 Å². The van der Waals surface area contributed by atoms with Crippen LogP contribution in [0.5, 0.6) is 0 Å². The van der Waals surface area contributed by atoms with Crippen molar-refractivity contribution in [3.05, 3.63) is 83.0 Å². The molecule has 1 aliphatic rings. The minimum atomic E-state index is -3.94. The Bertz CT molecular complexity index is 1180. The van der Waals surface area contributed by atoms with Crippen LogP contribution in [0.3, 0.4) is 0 Å². The minimum Gasteiger partial charge on any atom is -0.468 e. The van der Waals surface area contributed by atoms with Gasteiger partial charge < -0.3 is 9.73 Å². The first-order chi connectivity index (χ1) is 15.9. The van der Waals surface area contributed by atoms with E-state index in [-0.39, 0.29) is 34.0 Å². The summed E-state index contributed by atoms with van der Waals surface area (Å²) < 4.78 is 33.7. The number of hydrogen-bond acceptors (Lipinski definition) is 6. The molecule has 8 nitrogen and oxygen atoms in total. The van der Waals surface area contributed by atoms with Gasteiger partial charge in [0, 0.05) is 31.0 Å². The summed E-state index contributed by atoms with van der Waals surface area (Å²) in [6.45, 7) is 2.28. The second-order valence-electron chi connectivity index (χ2n) is 7.82. The molecule has 1 aliphatic heterocycles. The number of likely N-dealkylation sites (tertiary alicyclic amines) is 1. The lowest BCUT2D eigenvalue weighted by Crippen LogP contribution is -2.36. The molecule has 2 aromatic heterocycles. The number of carbonyl (C=O) groups is 1. The van der Waals surface area contributed by atoms with Crippen molar-refractivity contribution in [1.82, 2.24) is 19.9 Å². The Balaban J connectivity index is 1.46. The molecule has 0 bridgehead atoms. The number of benzene rings is 1. The average molecular weight is 489 g/mol. The monoisotopic (exact) mass is 488 g/mol. The Labute approximate surface area is 198 Å². The zero-order valence-corrected chi connectivity index (χ0v) is 19.5. The number of carbonyl (C=O) groups excluding carboxylic acids is 1. The fourth-order valence-corrected chi connectivity index (χ4v) is 5.39. The van der Waals surface area contributed by atoms with Gasteiger partial charge in [-0.2, -0.15) is 0 Å². The van der Waals surface area contributed by atoms with Crippen LogP contribution in [-0.4, -0.2) is 43.8 Å². The van der Waals surface area contributed by atoms with Gasteiger partial charge in [-0.05, 0) is 67.9 Å². The molecule has 1 amide bonds. The second kappa shape index (κ2) is 10.5. The van der Waals surface area contributed by atoms with Gasteiger partial charge in [-0.1, -0.05) is 17.7 Å². The van der Waals surface area contributed by atoms with E-state index in [0.29, 0.717) is 12.1 Å². The number of aromatic nitrogens is 1. The molecule has 0 spiro atoms. The summed E-state index contributed by atoms with van der Waals surface area (Å²) in [6.07, 6.45) is 7.02. The van der Waals surface area contributed by atoms with Crippen LogP contribution in [0.1, 0.15) is 40.6 Å². The number of furan rings is 1. The summed E-state index contributed by atoms with van der Waals surface area (Å²) in [4.78, 5) is 19.0. The SMILES string of the molecule is O=C(NCC(c1ccco1)N1CCCC1)c1ccc(Cl)c(S(=O)(=O)NCc2cccnc2)c1. The van der Waals surface area contributed by atoms with Crippen molar-refractivity contribution in [3.8, 4) is 0 Å². The van der Waals surface area contributed by atoms with Crippen molar-refractivity contribution >= 4 is 27.5 Å². The van der Waals surface area contributed by atoms with E-state index in [4.69, 9.17) is 16.0 Å². The van der Waals surface area contributed by atoms with Gasteiger partial charge in [0.1, 0.15) is 10.7 Å². The molecular weight excluding hydrogens is 464 g/mol. The fraction of sp³-hybridized carbons (Fsp3) is 0.304. The van der Waals surface area contributed by atoms with Gasteiger partial charge in [-0.3, -0.25) is 14.7 Å². The van der Waals surface area contributed by atoms with Crippen LogP contribution in [-0.2, 0) is 16.6 Å². The predicted molar refractivity (Wildman–Crippen MR) is 124 cm³/mol. The first-order valence-electron chi connectivity index (χ1n) is 10.7. The third kappa shape index (κ3) is 5.80. The van der Waals surface area contributed by atoms with E-state index >= 15 is 0 Å². The Morgan fingerprint density at radius 2 is 2.00 bits per heavy atom. The molecule has 0 saturated carbocycles. The van der Waals surface area contributed by atoms with E-state index in [2.05, 4.69) is 19.9 Å². The molecule has 1 atom stereocenters. The molecule has 3 heterocycles. The van der Waals surface area contributed by atoms with Crippen molar-refractivity contribution in [2.24, 2.45) is 0 Å². The normalized spacial score (nSPS) is 15.4. The van der Waals surface area contributed by atoms with E-state index in [0.717, 1.165) is 31.7 Å². The molecule has 4 rings (SSSR count). The zero-order chi connectivity index (χ0) is 23.3. The largest absolute Gasteiger partial charge is 0.468 e. The van der Waals surface area contributed by atoms with E-state index < -0.39 is 10.0 Å². The number of halogens is 1. The summed E-state index contributed by atoms with van der Waals surface area (Å²) in [6, 6.07) is 11.3. The molecular formula is C23H25ClN4O4S. The maximum Gasteiger partial charge on any atom is 0.251 e. The number of pyridine rings is 1. The third-order valence-corrected chi connectivity index (χ3v) is 7.46. The number of rotatable bonds is 9. The fourth-order valence-electron chi connectivity index (χ4n) is 3.84. The van der Waals surface area contributed by atoms with Gasteiger partial charge in [0.05, 0.1) is 17.3 Å². The molecule has 1 fully saturated rings. The third-order valence-electron chi connectivity index (χ3n) is 5.58. The molecule has 0 radical (unpaired) electrons. The summed E-state index contributed by atoms with van der Waals surface area (Å²) >= 11 is 6.17. The van der Waals surface area contributed by atoms with Crippen LogP contribution >= 0.6 is 11.6 Å². The lowest BCUT2D eigenvalue weighted by Gasteiger charge is -2.26. The van der Waals surface area contributed by atoms with E-state index in [9.17, 15) is 13.2 Å². The van der Waals surface area contributed by atoms with E-state index in [1.54, 1.807) is 30.8 Å². The van der Waals surface area contributed by atoms with Gasteiger partial charge in [-0.15, -0.1) is 0 Å². The Hall–Kier alpha value is -2.72. The molecule has 1 aromatic carbocycles. The molecule has 3 aromatic rings. The summed E-state index contributed by atoms with van der Waals surface area (Å²) in [5.41, 5.74) is 0.915. The smallest absolute Gasteiger partial charge is 0.251 e. The van der Waals surface area contributed by atoms with Crippen molar-refractivity contribution in [3.63, 3.8) is 0 Å². The first-order valence-corrected chi connectivity index (χ1v) is 12.5. The number of nitrogens with one attached hydrogen (secondary N) is 2. The van der Waals surface area contributed by atoms with Crippen LogP contribution in [0.2, 0.25) is 5.02 Å². The van der Waals surface area contributed by atoms with Gasteiger partial charge >= 0.3 is 0 Å². The summed E-state index contributed by atoms with van der Waals surface area (Å²) in [5.74, 6) is 0.405. The standard InChI is InChI=1S/C23H25ClN4O4S/c24-19-8-7-18(13-22(19)33(30,31)27-15-17-5-3-9-25-14-17)23(29)26-16-20(21-6-4-12-32-21)28-10-1-2-11-28/h3-9,12-14,20,27H,1-2,10-11,15-16H2,(H,26,29). The highest BCUT2D eigenvalue weighted by molar-refractivity contribution is 7.89. The maximum atomic E-state index is 12.9. The maximum absolute atomic E-state index is 12.9. The van der Waals surface area contributed by atoms with Crippen molar-refractivity contribution in [1.29, 1.82) is 0 Å². The first kappa shape index (κ1) is 23.4. The number of hydrogen-bond donors (Lipinski definition) is 2. The van der Waals surface area contributed by atoms with Crippen LogP contribution < -0.4 is 10.0 Å². The molecule has 1 unspecified atom stereocenters. The Morgan fingerprint density at radius 3 is 2.70 bits per heavy atom. The van der Waals surface area contributed by atoms with Gasteiger partial charge in [0.2, 0.25) is 10.0 Å². The highest BCUT2D eigenvalue weighted by Gasteiger charge is 2.26. The Kier molecular flexibility index (Phi) is 7.44. The highest BCUT2D eigenvalue weighted by atomic mass is 35.5. The molecule has 33 heavy (non-hydrogen) atoms. The van der Waals surface area contributed by atoms with Crippen molar-refractivity contribution in [2.45, 2.75) is 30.3 Å². The van der Waals surface area contributed by atoms with Gasteiger partial charge in [-0.25, -0.2) is 13.1 Å². The molecule has 0 aliphatic carbocycles. The predicted octanol–water partition coefficient (Wildman–Crippen LogP) is 3.37. The number of sulfonamides is 1. The van der Waals surface area contributed by atoms with E-state index in [1.807, 2.05) is 12.1 Å². The quantitative estimate of drug-likeness (QED) is 0.478. The second-order valence-corrected chi connectivity index (χ2v) is 9.96. The number of amides is 1. The lowest BCUT2D eigenvalue weighted by atomic mass is 10.1. The highest BCUT2D eigenvalue weighted by Crippen LogP contribution is 2.26. The zero-order valence-electron chi connectivity index (χ0n) is 17.9.